The molecule has 1 aromatic carbocycles. The van der Waals surface area contributed by atoms with Gasteiger partial charge in [0.2, 0.25) is 0 Å². The van der Waals surface area contributed by atoms with Crippen LogP contribution in [0.15, 0.2) is 30.3 Å². The summed E-state index contributed by atoms with van der Waals surface area (Å²) in [7, 11) is 0. The molecule has 0 saturated heterocycles. The second-order valence-electron chi connectivity index (χ2n) is 4.54. The van der Waals surface area contributed by atoms with E-state index in [4.69, 9.17) is 4.74 Å². The van der Waals surface area contributed by atoms with Crippen LogP contribution in [0.5, 0.6) is 0 Å². The molecule has 0 fully saturated rings. The highest BCUT2D eigenvalue weighted by Gasteiger charge is 1.98. The second kappa shape index (κ2) is 9.20. The molecule has 96 valence electrons. The van der Waals surface area contributed by atoms with Gasteiger partial charge in [0.1, 0.15) is 0 Å². The van der Waals surface area contributed by atoms with Crippen LogP contribution in [0, 0.1) is 0 Å². The van der Waals surface area contributed by atoms with Crippen LogP contribution in [0.4, 0.5) is 0 Å². The zero-order valence-electron chi connectivity index (χ0n) is 11.1. The predicted molar refractivity (Wildman–Crippen MR) is 73.1 cm³/mol. The molecular weight excluding hydrogens is 210 g/mol. The van der Waals surface area contributed by atoms with Crippen LogP contribution < -0.4 is 5.32 Å². The summed E-state index contributed by atoms with van der Waals surface area (Å²) < 4.78 is 5.62. The molecule has 0 aliphatic heterocycles. The Morgan fingerprint density at radius 3 is 2.71 bits per heavy atom. The summed E-state index contributed by atoms with van der Waals surface area (Å²) in [5.74, 6) is 0. The Morgan fingerprint density at radius 1 is 1.24 bits per heavy atom. The highest BCUT2D eigenvalue weighted by molar-refractivity contribution is 5.13. The molecule has 1 aromatic rings. The van der Waals surface area contributed by atoms with Crippen molar-refractivity contribution in [2.45, 2.75) is 45.8 Å². The van der Waals surface area contributed by atoms with Gasteiger partial charge < -0.3 is 10.1 Å². The van der Waals surface area contributed by atoms with Gasteiger partial charge in [0.15, 0.2) is 0 Å². The van der Waals surface area contributed by atoms with Gasteiger partial charge >= 0.3 is 0 Å². The molecule has 1 rings (SSSR count). The maximum Gasteiger partial charge on any atom is 0.0716 e. The third-order valence-corrected chi connectivity index (χ3v) is 2.79. The number of benzene rings is 1. The molecule has 1 unspecified atom stereocenters. The van der Waals surface area contributed by atoms with Crippen LogP contribution in [0.2, 0.25) is 0 Å². The summed E-state index contributed by atoms with van der Waals surface area (Å²) in [6.07, 6.45) is 3.59. The third kappa shape index (κ3) is 7.14. The molecular formula is C15H25NO. The molecule has 1 atom stereocenters. The average molecular weight is 235 g/mol. The quantitative estimate of drug-likeness (QED) is 0.663. The molecule has 0 heterocycles. The number of rotatable bonds is 9. The van der Waals surface area contributed by atoms with Crippen LogP contribution in [0.3, 0.4) is 0 Å². The van der Waals surface area contributed by atoms with Crippen molar-refractivity contribution in [1.82, 2.24) is 5.32 Å². The zero-order chi connectivity index (χ0) is 12.3. The van der Waals surface area contributed by atoms with Crippen LogP contribution in [-0.4, -0.2) is 19.2 Å². The molecule has 0 amide bonds. The largest absolute Gasteiger partial charge is 0.377 e. The van der Waals surface area contributed by atoms with Crippen molar-refractivity contribution in [3.63, 3.8) is 0 Å². The van der Waals surface area contributed by atoms with E-state index in [0.29, 0.717) is 6.04 Å². The van der Waals surface area contributed by atoms with E-state index in [2.05, 4.69) is 31.3 Å². The van der Waals surface area contributed by atoms with E-state index in [1.807, 2.05) is 18.2 Å². The summed E-state index contributed by atoms with van der Waals surface area (Å²) in [4.78, 5) is 0. The molecule has 0 aliphatic rings. The topological polar surface area (TPSA) is 21.3 Å². The zero-order valence-corrected chi connectivity index (χ0v) is 11.1. The number of ether oxygens (including phenoxy) is 1. The number of hydrogen-bond acceptors (Lipinski definition) is 2. The smallest absolute Gasteiger partial charge is 0.0716 e. The molecule has 2 nitrogen and oxygen atoms in total. The Kier molecular flexibility index (Phi) is 7.69. The van der Waals surface area contributed by atoms with E-state index in [9.17, 15) is 0 Å². The van der Waals surface area contributed by atoms with Gasteiger partial charge in [-0.2, -0.15) is 0 Å². The van der Waals surface area contributed by atoms with Crippen molar-refractivity contribution >= 4 is 0 Å². The summed E-state index contributed by atoms with van der Waals surface area (Å²) in [5, 5.41) is 3.50. The van der Waals surface area contributed by atoms with Gasteiger partial charge in [0.25, 0.3) is 0 Å². The molecule has 0 bridgehead atoms. The Bertz CT molecular complexity index is 274. The predicted octanol–water partition coefficient (Wildman–Crippen LogP) is 3.37. The first-order valence-corrected chi connectivity index (χ1v) is 6.68. The summed E-state index contributed by atoms with van der Waals surface area (Å²) >= 11 is 0. The normalized spacial score (nSPS) is 12.6. The van der Waals surface area contributed by atoms with Gasteiger partial charge in [0, 0.05) is 12.6 Å². The first-order chi connectivity index (χ1) is 8.33. The lowest BCUT2D eigenvalue weighted by Crippen LogP contribution is -2.27. The molecule has 0 radical (unpaired) electrons. The molecule has 0 spiro atoms. The standard InChI is InChI=1S/C15H25NO/c1-3-8-14(2)16-11-7-12-17-13-15-9-5-4-6-10-15/h4-6,9-10,14,16H,3,7-8,11-13H2,1-2H3. The van der Waals surface area contributed by atoms with Gasteiger partial charge in [-0.1, -0.05) is 43.7 Å². The lowest BCUT2D eigenvalue weighted by atomic mass is 10.2. The number of hydrogen-bond donors (Lipinski definition) is 1. The van der Waals surface area contributed by atoms with Crippen LogP contribution in [-0.2, 0) is 11.3 Å². The molecule has 0 aromatic heterocycles. The van der Waals surface area contributed by atoms with Crippen molar-refractivity contribution in [3.05, 3.63) is 35.9 Å². The van der Waals surface area contributed by atoms with Gasteiger partial charge in [-0.05, 0) is 31.9 Å². The number of nitrogens with one attached hydrogen (secondary N) is 1. The second-order valence-corrected chi connectivity index (χ2v) is 4.54. The van der Waals surface area contributed by atoms with E-state index in [1.165, 1.54) is 18.4 Å². The Labute approximate surface area is 105 Å². The maximum absolute atomic E-state index is 5.62. The average Bonchev–Trinajstić information content (AvgIpc) is 2.35. The summed E-state index contributed by atoms with van der Waals surface area (Å²) in [5.41, 5.74) is 1.25. The monoisotopic (exact) mass is 235 g/mol. The minimum absolute atomic E-state index is 0.633. The van der Waals surface area contributed by atoms with E-state index in [1.54, 1.807) is 0 Å². The lowest BCUT2D eigenvalue weighted by Gasteiger charge is -2.12. The Balaban J connectivity index is 1.95. The van der Waals surface area contributed by atoms with Crippen LogP contribution in [0.1, 0.15) is 38.7 Å². The fraction of sp³-hybridized carbons (Fsp3) is 0.600. The lowest BCUT2D eigenvalue weighted by molar-refractivity contribution is 0.118. The van der Waals surface area contributed by atoms with E-state index in [-0.39, 0.29) is 0 Å². The van der Waals surface area contributed by atoms with Crippen molar-refractivity contribution in [2.24, 2.45) is 0 Å². The SMILES string of the molecule is CCCC(C)NCCCOCc1ccccc1. The minimum atomic E-state index is 0.633. The minimum Gasteiger partial charge on any atom is -0.377 e. The first kappa shape index (κ1) is 14.2. The molecule has 2 heteroatoms. The first-order valence-electron chi connectivity index (χ1n) is 6.68. The molecule has 17 heavy (non-hydrogen) atoms. The van der Waals surface area contributed by atoms with E-state index in [0.717, 1.165) is 26.2 Å². The van der Waals surface area contributed by atoms with Crippen LogP contribution >= 0.6 is 0 Å². The van der Waals surface area contributed by atoms with E-state index >= 15 is 0 Å². The maximum atomic E-state index is 5.62. The molecule has 0 aliphatic carbocycles. The van der Waals surface area contributed by atoms with Crippen molar-refractivity contribution in [3.8, 4) is 0 Å². The van der Waals surface area contributed by atoms with Gasteiger partial charge in [-0.15, -0.1) is 0 Å². The van der Waals surface area contributed by atoms with Gasteiger partial charge in [-0.25, -0.2) is 0 Å². The van der Waals surface area contributed by atoms with Crippen molar-refractivity contribution in [2.75, 3.05) is 13.2 Å². The van der Waals surface area contributed by atoms with Crippen molar-refractivity contribution in [1.29, 1.82) is 0 Å². The van der Waals surface area contributed by atoms with E-state index < -0.39 is 0 Å². The van der Waals surface area contributed by atoms with Gasteiger partial charge in [0.05, 0.1) is 6.61 Å². The summed E-state index contributed by atoms with van der Waals surface area (Å²) in [6.45, 7) is 7.08. The van der Waals surface area contributed by atoms with Gasteiger partial charge in [-0.3, -0.25) is 0 Å². The highest BCUT2D eigenvalue weighted by atomic mass is 16.5. The fourth-order valence-electron chi connectivity index (χ4n) is 1.82. The van der Waals surface area contributed by atoms with Crippen molar-refractivity contribution < 1.29 is 4.74 Å². The Hall–Kier alpha value is -0.860. The molecule has 0 saturated carbocycles. The Morgan fingerprint density at radius 2 is 2.00 bits per heavy atom. The highest BCUT2D eigenvalue weighted by Crippen LogP contribution is 2.00. The molecule has 1 N–H and O–H groups in total. The third-order valence-electron chi connectivity index (χ3n) is 2.79. The van der Waals surface area contributed by atoms with Crippen LogP contribution in [0.25, 0.3) is 0 Å². The summed E-state index contributed by atoms with van der Waals surface area (Å²) in [6, 6.07) is 11.0. The fourth-order valence-corrected chi connectivity index (χ4v) is 1.82.